The van der Waals surface area contributed by atoms with Crippen molar-refractivity contribution < 1.29 is 58.0 Å². The van der Waals surface area contributed by atoms with Gasteiger partial charge in [-0.3, -0.25) is 24.2 Å². The first-order chi connectivity index (χ1) is 30.2. The number of hydrogen-bond donors (Lipinski definition) is 6. The van der Waals surface area contributed by atoms with Crippen molar-refractivity contribution >= 4 is 48.0 Å². The molecule has 0 aromatic heterocycles. The van der Waals surface area contributed by atoms with Crippen LogP contribution in [0.5, 0.6) is 0 Å². The van der Waals surface area contributed by atoms with Gasteiger partial charge in [-0.15, -0.1) is 0 Å². The Hall–Kier alpha value is -4.64. The fourth-order valence-corrected chi connectivity index (χ4v) is 9.80. The smallest absolute Gasteiger partial charge is 0.408 e. The molecule has 2 atom stereocenters. The van der Waals surface area contributed by atoms with Crippen molar-refractivity contribution in [2.24, 2.45) is 5.92 Å². The first-order valence-corrected chi connectivity index (χ1v) is 23.9. The molecular weight excluding hydrogens is 829 g/mol. The molecule has 0 saturated heterocycles. The second-order valence-electron chi connectivity index (χ2n) is 20.1. The SMILES string of the molecule is CC(C)(C)OC(=O)NC(CCC(=O)O)C(=O)N(C(=O)NC1CCC(CC(C)(C)OC(=O)NC(CCC(=O)N(C(=O)NC2CCCCC2)C2CCCCC2)C(=O)O)CC1)C1CCCCC1. The van der Waals surface area contributed by atoms with Crippen LogP contribution in [0.25, 0.3) is 0 Å². The van der Waals surface area contributed by atoms with E-state index in [9.17, 15) is 48.6 Å². The van der Waals surface area contributed by atoms with Crippen LogP contribution in [0.4, 0.5) is 19.2 Å². The summed E-state index contributed by atoms with van der Waals surface area (Å²) in [5.41, 5.74) is -1.86. The van der Waals surface area contributed by atoms with Gasteiger partial charge in [0.2, 0.25) is 5.91 Å². The minimum Gasteiger partial charge on any atom is -0.481 e. The van der Waals surface area contributed by atoms with Crippen LogP contribution in [0.2, 0.25) is 0 Å². The van der Waals surface area contributed by atoms with Crippen LogP contribution in [0, 0.1) is 5.92 Å². The van der Waals surface area contributed by atoms with E-state index >= 15 is 0 Å². The summed E-state index contributed by atoms with van der Waals surface area (Å²) in [7, 11) is 0. The van der Waals surface area contributed by atoms with E-state index in [1.807, 2.05) is 0 Å². The van der Waals surface area contributed by atoms with Gasteiger partial charge in [0.25, 0.3) is 5.91 Å². The number of carbonyl (C=O) groups is 8. The fraction of sp³-hybridized carbons (Fsp3) is 0.826. The monoisotopic (exact) mass is 905 g/mol. The Bertz CT molecular complexity index is 1610. The molecule has 4 rings (SSSR count). The van der Waals surface area contributed by atoms with Gasteiger partial charge in [-0.05, 0) is 124 Å². The Morgan fingerprint density at radius 3 is 1.53 bits per heavy atom. The topological polar surface area (TPSA) is 250 Å². The third-order valence-corrected chi connectivity index (χ3v) is 13.0. The molecule has 0 spiro atoms. The van der Waals surface area contributed by atoms with Crippen LogP contribution in [-0.2, 0) is 28.7 Å². The lowest BCUT2D eigenvalue weighted by atomic mass is 9.80. The van der Waals surface area contributed by atoms with Crippen LogP contribution in [0.3, 0.4) is 0 Å². The molecule has 4 aliphatic rings. The summed E-state index contributed by atoms with van der Waals surface area (Å²) in [4.78, 5) is 107. The van der Waals surface area contributed by atoms with Crippen molar-refractivity contribution in [1.29, 1.82) is 0 Å². The van der Waals surface area contributed by atoms with Crippen LogP contribution in [-0.4, -0.2) is 115 Å². The minimum atomic E-state index is -1.42. The van der Waals surface area contributed by atoms with Gasteiger partial charge >= 0.3 is 36.2 Å². The van der Waals surface area contributed by atoms with Crippen molar-refractivity contribution in [2.45, 2.75) is 236 Å². The molecule has 4 aliphatic carbocycles. The predicted octanol–water partition coefficient (Wildman–Crippen LogP) is 7.51. The summed E-state index contributed by atoms with van der Waals surface area (Å²) in [5, 5.41) is 30.4. The second-order valence-corrected chi connectivity index (χ2v) is 20.1. The first kappa shape index (κ1) is 52.0. The first-order valence-electron chi connectivity index (χ1n) is 23.9. The van der Waals surface area contributed by atoms with Gasteiger partial charge in [0.15, 0.2) is 0 Å². The summed E-state index contributed by atoms with van der Waals surface area (Å²) in [6, 6.07) is -4.64. The molecule has 8 amide bonds. The molecule has 362 valence electrons. The molecule has 0 radical (unpaired) electrons. The largest absolute Gasteiger partial charge is 0.481 e. The quantitative estimate of drug-likeness (QED) is 0.0830. The summed E-state index contributed by atoms with van der Waals surface area (Å²) < 4.78 is 11.1. The average Bonchev–Trinajstić information content (AvgIpc) is 3.22. The van der Waals surface area contributed by atoms with E-state index in [0.29, 0.717) is 57.8 Å². The molecule has 0 aromatic carbocycles. The van der Waals surface area contributed by atoms with Gasteiger partial charge < -0.3 is 41.0 Å². The van der Waals surface area contributed by atoms with E-state index in [1.165, 1.54) is 9.80 Å². The number of aliphatic carboxylic acids is 2. The molecule has 4 saturated carbocycles. The average molecular weight is 905 g/mol. The fourth-order valence-electron chi connectivity index (χ4n) is 9.80. The summed E-state index contributed by atoms with van der Waals surface area (Å²) in [6.45, 7) is 8.48. The highest BCUT2D eigenvalue weighted by Gasteiger charge is 2.39. The van der Waals surface area contributed by atoms with E-state index in [0.717, 1.165) is 70.6 Å². The minimum absolute atomic E-state index is 0.0108. The lowest BCUT2D eigenvalue weighted by Gasteiger charge is -2.38. The Labute approximate surface area is 378 Å². The van der Waals surface area contributed by atoms with Gasteiger partial charge in [-0.25, -0.2) is 24.0 Å². The van der Waals surface area contributed by atoms with Crippen molar-refractivity contribution in [3.05, 3.63) is 0 Å². The number of nitrogens with zero attached hydrogens (tertiary/aromatic N) is 2. The zero-order valence-corrected chi connectivity index (χ0v) is 38.9. The number of carboxylic acids is 2. The van der Waals surface area contributed by atoms with E-state index in [2.05, 4.69) is 21.3 Å². The lowest BCUT2D eigenvalue weighted by molar-refractivity contribution is -0.140. The Morgan fingerprint density at radius 2 is 1.02 bits per heavy atom. The van der Waals surface area contributed by atoms with Gasteiger partial charge in [-0.1, -0.05) is 57.8 Å². The van der Waals surface area contributed by atoms with Crippen LogP contribution in [0.15, 0.2) is 0 Å². The van der Waals surface area contributed by atoms with E-state index in [4.69, 9.17) is 9.47 Å². The number of rotatable bonds is 17. The van der Waals surface area contributed by atoms with E-state index < -0.39 is 83.8 Å². The third-order valence-electron chi connectivity index (χ3n) is 13.0. The molecule has 18 nitrogen and oxygen atoms in total. The Kier molecular flexibility index (Phi) is 20.0. The number of ether oxygens (including phenoxy) is 2. The molecule has 2 unspecified atom stereocenters. The number of imide groups is 2. The number of amides is 8. The molecule has 0 bridgehead atoms. The molecule has 64 heavy (non-hydrogen) atoms. The standard InChI is InChI=1S/C46H76N6O12/c1-45(2,3)63-43(61)49-35(26-28-38(54)55)39(56)52(34-19-13-8-14-20-34)42(60)48-32-23-21-30(22-24-32)29-46(4,5)64-44(62)50-36(40(57)58)25-27-37(53)51(33-17-11-7-12-18-33)41(59)47-31-15-9-6-10-16-31/h30-36H,6-29H2,1-5H3,(H,47,59)(H,48,60)(H,49,61)(H,50,62)(H,54,55)(H,57,58). The van der Waals surface area contributed by atoms with Crippen molar-refractivity contribution in [3.8, 4) is 0 Å². The summed E-state index contributed by atoms with van der Waals surface area (Å²) >= 11 is 0. The number of carbonyl (C=O) groups excluding carboxylic acids is 6. The van der Waals surface area contributed by atoms with Crippen molar-refractivity contribution in [3.63, 3.8) is 0 Å². The zero-order chi connectivity index (χ0) is 47.0. The number of nitrogens with one attached hydrogen (secondary N) is 4. The van der Waals surface area contributed by atoms with Gasteiger partial charge in [0.05, 0.1) is 0 Å². The van der Waals surface area contributed by atoms with Crippen LogP contribution >= 0.6 is 0 Å². The molecular formula is C46H76N6O12. The van der Waals surface area contributed by atoms with E-state index in [-0.39, 0.29) is 43.3 Å². The number of urea groups is 2. The van der Waals surface area contributed by atoms with Crippen LogP contribution < -0.4 is 21.3 Å². The third kappa shape index (κ3) is 17.4. The number of hydrogen-bond acceptors (Lipinski definition) is 10. The lowest BCUT2D eigenvalue weighted by Crippen LogP contribution is -2.58. The maximum atomic E-state index is 14.1. The maximum absolute atomic E-state index is 14.1. The Balaban J connectivity index is 1.29. The molecule has 0 heterocycles. The number of carboxylic acid groups (broad SMARTS) is 2. The van der Waals surface area contributed by atoms with Gasteiger partial charge in [0, 0.05) is 37.0 Å². The predicted molar refractivity (Wildman–Crippen MR) is 236 cm³/mol. The Morgan fingerprint density at radius 1 is 0.562 bits per heavy atom. The highest BCUT2D eigenvalue weighted by atomic mass is 16.6. The normalized spacial score (nSPS) is 21.3. The molecule has 0 aliphatic heterocycles. The zero-order valence-electron chi connectivity index (χ0n) is 38.9. The summed E-state index contributed by atoms with van der Waals surface area (Å²) in [6.07, 6.45) is 13.0. The van der Waals surface area contributed by atoms with Crippen LogP contribution in [0.1, 0.15) is 189 Å². The molecule has 18 heteroatoms. The second kappa shape index (κ2) is 24.6. The van der Waals surface area contributed by atoms with Crippen molar-refractivity contribution in [2.75, 3.05) is 0 Å². The van der Waals surface area contributed by atoms with Gasteiger partial charge in [0.1, 0.15) is 23.3 Å². The molecule has 6 N–H and O–H groups in total. The van der Waals surface area contributed by atoms with Gasteiger partial charge in [-0.2, -0.15) is 0 Å². The maximum Gasteiger partial charge on any atom is 0.408 e. The highest BCUT2D eigenvalue weighted by Crippen LogP contribution is 2.33. The molecule has 4 fully saturated rings. The number of alkyl carbamates (subject to hydrolysis) is 2. The molecule has 0 aromatic rings. The highest BCUT2D eigenvalue weighted by molar-refractivity contribution is 5.99. The van der Waals surface area contributed by atoms with E-state index in [1.54, 1.807) is 34.6 Å². The summed E-state index contributed by atoms with van der Waals surface area (Å²) in [5.74, 6) is -3.51. The van der Waals surface area contributed by atoms with Crippen molar-refractivity contribution in [1.82, 2.24) is 31.1 Å².